The highest BCUT2D eigenvalue weighted by Gasteiger charge is 2.44. The summed E-state index contributed by atoms with van der Waals surface area (Å²) in [5, 5.41) is 0. The molecule has 0 bridgehead atoms. The highest BCUT2D eigenvalue weighted by Crippen LogP contribution is 2.57. The first-order valence-electron chi connectivity index (χ1n) is 12.0. The zero-order chi connectivity index (χ0) is 22.0. The SMILES string of the molecule is CC(C)(C)c1cc(-c2ccc3c(c2)C2(CCCC2)c2ccccc2-3)cc(C(C)(C)C)c1. The first kappa shape index (κ1) is 20.6. The average Bonchev–Trinajstić information content (AvgIpc) is 3.32. The largest absolute Gasteiger partial charge is 0.0619 e. The number of rotatable bonds is 1. The predicted molar refractivity (Wildman–Crippen MR) is 134 cm³/mol. The Bertz CT molecular complexity index is 1110. The standard InChI is InChI=1S/C31H36/c1-29(2,3)23-17-22(18-24(20-23)30(4,5)6)21-13-14-26-25-11-7-8-12-27(25)31(28(26)19-21)15-9-10-16-31/h7-8,11-14,17-20H,9-10,15-16H2,1-6H3. The predicted octanol–water partition coefficient (Wildman–Crippen LogP) is 8.79. The summed E-state index contributed by atoms with van der Waals surface area (Å²) < 4.78 is 0. The van der Waals surface area contributed by atoms with Crippen molar-refractivity contribution in [2.24, 2.45) is 0 Å². The first-order valence-corrected chi connectivity index (χ1v) is 12.0. The third-order valence-corrected chi connectivity index (χ3v) is 7.72. The Balaban J connectivity index is 1.71. The third-order valence-electron chi connectivity index (χ3n) is 7.72. The van der Waals surface area contributed by atoms with E-state index in [2.05, 4.69) is 102 Å². The maximum atomic E-state index is 2.54. The van der Waals surface area contributed by atoms with Crippen molar-refractivity contribution in [3.63, 3.8) is 0 Å². The highest BCUT2D eigenvalue weighted by molar-refractivity contribution is 5.84. The quantitative estimate of drug-likeness (QED) is 0.377. The molecule has 2 aliphatic carbocycles. The fourth-order valence-electron chi connectivity index (χ4n) is 5.81. The molecular formula is C31H36. The molecule has 0 unspecified atom stereocenters. The minimum atomic E-state index is 0.135. The molecule has 0 aliphatic heterocycles. The molecule has 0 saturated heterocycles. The molecule has 1 spiro atoms. The minimum absolute atomic E-state index is 0.135. The van der Waals surface area contributed by atoms with E-state index in [9.17, 15) is 0 Å². The molecule has 3 aromatic carbocycles. The molecule has 0 heteroatoms. The van der Waals surface area contributed by atoms with Gasteiger partial charge in [-0.3, -0.25) is 0 Å². The van der Waals surface area contributed by atoms with Crippen LogP contribution in [0.15, 0.2) is 60.7 Å². The van der Waals surface area contributed by atoms with Gasteiger partial charge in [-0.05, 0) is 74.2 Å². The molecule has 0 amide bonds. The van der Waals surface area contributed by atoms with Gasteiger partial charge in [0.05, 0.1) is 0 Å². The van der Waals surface area contributed by atoms with Gasteiger partial charge in [0.25, 0.3) is 0 Å². The highest BCUT2D eigenvalue weighted by atomic mass is 14.5. The van der Waals surface area contributed by atoms with Crippen LogP contribution in [0.2, 0.25) is 0 Å². The molecule has 31 heavy (non-hydrogen) atoms. The molecule has 1 fully saturated rings. The Morgan fingerprint density at radius 1 is 0.581 bits per heavy atom. The van der Waals surface area contributed by atoms with E-state index in [0.29, 0.717) is 0 Å². The average molecular weight is 409 g/mol. The summed E-state index contributed by atoms with van der Waals surface area (Å²) in [6.07, 6.45) is 5.25. The van der Waals surface area contributed by atoms with Gasteiger partial charge in [-0.15, -0.1) is 0 Å². The van der Waals surface area contributed by atoms with E-state index in [1.807, 2.05) is 0 Å². The Kier molecular flexibility index (Phi) is 4.53. The molecule has 1 saturated carbocycles. The third kappa shape index (κ3) is 3.27. The van der Waals surface area contributed by atoms with Crippen LogP contribution in [-0.2, 0) is 16.2 Å². The zero-order valence-corrected chi connectivity index (χ0v) is 20.1. The van der Waals surface area contributed by atoms with Crippen LogP contribution in [0.25, 0.3) is 22.3 Å². The lowest BCUT2D eigenvalue weighted by Gasteiger charge is -2.28. The fourth-order valence-corrected chi connectivity index (χ4v) is 5.81. The van der Waals surface area contributed by atoms with Crippen LogP contribution in [-0.4, -0.2) is 0 Å². The molecule has 2 aliphatic rings. The van der Waals surface area contributed by atoms with Crippen LogP contribution < -0.4 is 0 Å². The van der Waals surface area contributed by atoms with Crippen molar-refractivity contribution in [3.05, 3.63) is 82.9 Å². The Morgan fingerprint density at radius 2 is 1.16 bits per heavy atom. The molecule has 0 heterocycles. The Morgan fingerprint density at radius 3 is 1.77 bits per heavy atom. The Hall–Kier alpha value is -2.34. The van der Waals surface area contributed by atoms with Crippen molar-refractivity contribution in [1.82, 2.24) is 0 Å². The van der Waals surface area contributed by atoms with Crippen molar-refractivity contribution < 1.29 is 0 Å². The lowest BCUT2D eigenvalue weighted by Crippen LogP contribution is -2.20. The van der Waals surface area contributed by atoms with Crippen molar-refractivity contribution in [3.8, 4) is 22.3 Å². The van der Waals surface area contributed by atoms with Gasteiger partial charge in [-0.1, -0.05) is 109 Å². The lowest BCUT2D eigenvalue weighted by atomic mass is 9.75. The van der Waals surface area contributed by atoms with Crippen molar-refractivity contribution in [2.75, 3.05) is 0 Å². The van der Waals surface area contributed by atoms with Crippen molar-refractivity contribution in [1.29, 1.82) is 0 Å². The van der Waals surface area contributed by atoms with Crippen LogP contribution in [0.5, 0.6) is 0 Å². The number of fused-ring (bicyclic) bond motifs is 5. The van der Waals surface area contributed by atoms with Gasteiger partial charge in [-0.25, -0.2) is 0 Å². The van der Waals surface area contributed by atoms with E-state index in [1.165, 1.54) is 59.1 Å². The molecule has 0 nitrogen and oxygen atoms in total. The van der Waals surface area contributed by atoms with Gasteiger partial charge < -0.3 is 0 Å². The summed E-state index contributed by atoms with van der Waals surface area (Å²) in [6, 6.07) is 23.7. The van der Waals surface area contributed by atoms with Crippen molar-refractivity contribution in [2.45, 2.75) is 83.5 Å². The van der Waals surface area contributed by atoms with Gasteiger partial charge >= 0.3 is 0 Å². The summed E-state index contributed by atoms with van der Waals surface area (Å²) in [6.45, 7) is 13.9. The molecular weight excluding hydrogens is 372 g/mol. The zero-order valence-electron chi connectivity index (χ0n) is 20.1. The van der Waals surface area contributed by atoms with Crippen LogP contribution in [0.3, 0.4) is 0 Å². The summed E-state index contributed by atoms with van der Waals surface area (Å²) in [5.74, 6) is 0. The summed E-state index contributed by atoms with van der Waals surface area (Å²) in [5.41, 5.74) is 12.2. The second kappa shape index (κ2) is 6.83. The maximum absolute atomic E-state index is 2.54. The fraction of sp³-hybridized carbons (Fsp3) is 0.419. The van der Waals surface area contributed by atoms with E-state index in [-0.39, 0.29) is 16.2 Å². The van der Waals surface area contributed by atoms with Gasteiger partial charge in [0.2, 0.25) is 0 Å². The summed E-state index contributed by atoms with van der Waals surface area (Å²) in [4.78, 5) is 0. The normalized spacial score (nSPS) is 17.1. The van der Waals surface area contributed by atoms with Gasteiger partial charge in [-0.2, -0.15) is 0 Å². The van der Waals surface area contributed by atoms with Gasteiger partial charge in [0.15, 0.2) is 0 Å². The van der Waals surface area contributed by atoms with Crippen molar-refractivity contribution >= 4 is 0 Å². The van der Waals surface area contributed by atoms with Crippen LogP contribution in [0, 0.1) is 0 Å². The van der Waals surface area contributed by atoms with E-state index in [0.717, 1.165) is 0 Å². The smallest absolute Gasteiger partial charge is 0.0215 e. The number of benzene rings is 3. The lowest BCUT2D eigenvalue weighted by molar-refractivity contribution is 0.550. The molecule has 0 aromatic heterocycles. The molecule has 160 valence electrons. The molecule has 5 rings (SSSR count). The maximum Gasteiger partial charge on any atom is 0.0215 e. The van der Waals surface area contributed by atoms with Crippen LogP contribution in [0.1, 0.15) is 89.5 Å². The van der Waals surface area contributed by atoms with E-state index in [1.54, 1.807) is 11.1 Å². The summed E-state index contributed by atoms with van der Waals surface area (Å²) >= 11 is 0. The second-order valence-corrected chi connectivity index (χ2v) is 11.9. The van der Waals surface area contributed by atoms with Crippen LogP contribution in [0.4, 0.5) is 0 Å². The number of hydrogen-bond donors (Lipinski definition) is 0. The summed E-state index contributed by atoms with van der Waals surface area (Å²) in [7, 11) is 0. The molecule has 0 radical (unpaired) electrons. The molecule has 0 atom stereocenters. The Labute approximate surface area is 188 Å². The van der Waals surface area contributed by atoms with Gasteiger partial charge in [0.1, 0.15) is 0 Å². The molecule has 3 aromatic rings. The van der Waals surface area contributed by atoms with Gasteiger partial charge in [0, 0.05) is 5.41 Å². The monoisotopic (exact) mass is 408 g/mol. The second-order valence-electron chi connectivity index (χ2n) is 11.9. The van der Waals surface area contributed by atoms with E-state index < -0.39 is 0 Å². The van der Waals surface area contributed by atoms with E-state index >= 15 is 0 Å². The molecule has 0 N–H and O–H groups in total. The van der Waals surface area contributed by atoms with E-state index in [4.69, 9.17) is 0 Å². The first-order chi connectivity index (χ1) is 14.6. The topological polar surface area (TPSA) is 0 Å². The number of hydrogen-bond acceptors (Lipinski definition) is 0. The minimum Gasteiger partial charge on any atom is -0.0619 e. The van der Waals surface area contributed by atoms with Crippen LogP contribution >= 0.6 is 0 Å².